The molecule has 0 aromatic heterocycles. The van der Waals surface area contributed by atoms with Crippen LogP contribution in [-0.2, 0) is 9.53 Å². The first kappa shape index (κ1) is 8.53. The Bertz CT molecular complexity index is 260. The number of carbonyl (C=O) groups excluding carboxylic acids is 1. The van der Waals surface area contributed by atoms with Gasteiger partial charge < -0.3 is 9.84 Å². The number of ether oxygens (including phenoxy) is 1. The van der Waals surface area contributed by atoms with Gasteiger partial charge in [0.25, 0.3) is 0 Å². The summed E-state index contributed by atoms with van der Waals surface area (Å²) >= 11 is 0. The molecule has 0 aromatic rings. The van der Waals surface area contributed by atoms with Crippen molar-refractivity contribution < 1.29 is 19.4 Å². The second-order valence-corrected chi connectivity index (χ2v) is 3.84. The number of fused-ring (bicyclic) bond motifs is 1. The Kier molecular flexibility index (Phi) is 1.78. The Hall–Kier alpha value is -1.06. The molecule has 0 heterocycles. The molecule has 0 aliphatic heterocycles. The van der Waals surface area contributed by atoms with E-state index in [4.69, 9.17) is 9.84 Å². The van der Waals surface area contributed by atoms with Crippen LogP contribution in [0.15, 0.2) is 0 Å². The SMILES string of the molecule is O=C(O)O[C@]12CCCC(=O)[C@H]1CC2. The molecule has 2 atom stereocenters. The lowest BCUT2D eigenvalue weighted by atomic mass is 9.61. The Labute approximate surface area is 75.9 Å². The van der Waals surface area contributed by atoms with E-state index in [9.17, 15) is 9.59 Å². The average molecular weight is 184 g/mol. The summed E-state index contributed by atoms with van der Waals surface area (Å²) in [5.74, 6) is 0.0381. The number of carboxylic acid groups (broad SMARTS) is 1. The Morgan fingerprint density at radius 2 is 2.31 bits per heavy atom. The molecule has 0 saturated heterocycles. The van der Waals surface area contributed by atoms with Crippen molar-refractivity contribution in [2.75, 3.05) is 0 Å². The van der Waals surface area contributed by atoms with Gasteiger partial charge in [-0.05, 0) is 25.7 Å². The molecule has 0 unspecified atom stereocenters. The topological polar surface area (TPSA) is 63.6 Å². The molecule has 2 aliphatic carbocycles. The third-order valence-corrected chi connectivity index (χ3v) is 3.19. The van der Waals surface area contributed by atoms with Gasteiger partial charge in [-0.1, -0.05) is 0 Å². The van der Waals surface area contributed by atoms with Crippen molar-refractivity contribution in [3.63, 3.8) is 0 Å². The van der Waals surface area contributed by atoms with Crippen LogP contribution in [0.4, 0.5) is 4.79 Å². The third-order valence-electron chi connectivity index (χ3n) is 3.19. The zero-order chi connectivity index (χ0) is 9.47. The predicted molar refractivity (Wildman–Crippen MR) is 43.4 cm³/mol. The standard InChI is InChI=1S/C9H12O4/c10-7-2-1-4-9(13-8(11)12)5-3-6(7)9/h6H,1-5H2,(H,11,12)/t6-,9+/m1/s1. The molecule has 4 heteroatoms. The quantitative estimate of drug-likeness (QED) is 0.628. The van der Waals surface area contributed by atoms with E-state index < -0.39 is 11.8 Å². The molecule has 0 aromatic carbocycles. The van der Waals surface area contributed by atoms with Gasteiger partial charge in [-0.3, -0.25) is 4.79 Å². The first-order chi connectivity index (χ1) is 6.14. The highest BCUT2D eigenvalue weighted by atomic mass is 16.7. The van der Waals surface area contributed by atoms with Crippen LogP contribution in [0.25, 0.3) is 0 Å². The van der Waals surface area contributed by atoms with Crippen LogP contribution in [0.2, 0.25) is 0 Å². The summed E-state index contributed by atoms with van der Waals surface area (Å²) in [5, 5.41) is 8.54. The van der Waals surface area contributed by atoms with Gasteiger partial charge in [-0.25, -0.2) is 4.79 Å². The van der Waals surface area contributed by atoms with Crippen molar-refractivity contribution in [2.24, 2.45) is 5.92 Å². The van der Waals surface area contributed by atoms with Gasteiger partial charge in [0.1, 0.15) is 11.4 Å². The number of rotatable bonds is 1. The van der Waals surface area contributed by atoms with Crippen LogP contribution < -0.4 is 0 Å². The van der Waals surface area contributed by atoms with Crippen molar-refractivity contribution in [2.45, 2.75) is 37.7 Å². The summed E-state index contributed by atoms with van der Waals surface area (Å²) in [6, 6.07) is 0. The van der Waals surface area contributed by atoms with Crippen LogP contribution in [0.3, 0.4) is 0 Å². The highest BCUT2D eigenvalue weighted by Crippen LogP contribution is 2.49. The van der Waals surface area contributed by atoms with Crippen molar-refractivity contribution >= 4 is 11.9 Å². The minimum atomic E-state index is -1.25. The number of carbonyl (C=O) groups is 2. The molecule has 0 radical (unpaired) electrons. The zero-order valence-electron chi connectivity index (χ0n) is 7.28. The van der Waals surface area contributed by atoms with E-state index in [1.807, 2.05) is 0 Å². The van der Waals surface area contributed by atoms with E-state index in [0.29, 0.717) is 6.42 Å². The lowest BCUT2D eigenvalue weighted by Crippen LogP contribution is -2.56. The molecule has 72 valence electrons. The van der Waals surface area contributed by atoms with Gasteiger partial charge in [0.05, 0.1) is 5.92 Å². The van der Waals surface area contributed by atoms with Crippen molar-refractivity contribution in [1.82, 2.24) is 0 Å². The summed E-state index contributed by atoms with van der Waals surface area (Å²) in [5.41, 5.74) is -0.638. The zero-order valence-corrected chi connectivity index (χ0v) is 7.28. The van der Waals surface area contributed by atoms with Crippen LogP contribution in [0, 0.1) is 5.92 Å². The second-order valence-electron chi connectivity index (χ2n) is 3.84. The van der Waals surface area contributed by atoms with Crippen molar-refractivity contribution in [3.05, 3.63) is 0 Å². The van der Waals surface area contributed by atoms with Gasteiger partial charge in [0.15, 0.2) is 0 Å². The summed E-state index contributed by atoms with van der Waals surface area (Å²) < 4.78 is 4.84. The maximum Gasteiger partial charge on any atom is 0.506 e. The van der Waals surface area contributed by atoms with Gasteiger partial charge in [-0.2, -0.15) is 0 Å². The monoisotopic (exact) mass is 184 g/mol. The molecule has 1 N–H and O–H groups in total. The molecular weight excluding hydrogens is 172 g/mol. The number of hydrogen-bond donors (Lipinski definition) is 1. The summed E-state index contributed by atoms with van der Waals surface area (Å²) in [6.45, 7) is 0. The molecule has 13 heavy (non-hydrogen) atoms. The Balaban J connectivity index is 2.12. The number of Topliss-reactive ketones (excluding diaryl/α,β-unsaturated/α-hetero) is 1. The molecule has 0 amide bonds. The minimum Gasteiger partial charge on any atom is -0.450 e. The van der Waals surface area contributed by atoms with Crippen molar-refractivity contribution in [3.8, 4) is 0 Å². The van der Waals surface area contributed by atoms with Crippen LogP contribution >= 0.6 is 0 Å². The minimum absolute atomic E-state index is 0.141. The van der Waals surface area contributed by atoms with Gasteiger partial charge in [-0.15, -0.1) is 0 Å². The lowest BCUT2D eigenvalue weighted by Gasteiger charge is -2.49. The molecule has 0 bridgehead atoms. The van der Waals surface area contributed by atoms with Gasteiger partial charge in [0, 0.05) is 6.42 Å². The fraction of sp³-hybridized carbons (Fsp3) is 0.778. The largest absolute Gasteiger partial charge is 0.506 e. The molecule has 4 nitrogen and oxygen atoms in total. The third kappa shape index (κ3) is 1.20. The lowest BCUT2D eigenvalue weighted by molar-refractivity contribution is -0.161. The van der Waals surface area contributed by atoms with E-state index in [1.54, 1.807) is 0 Å². The molecule has 2 rings (SSSR count). The summed E-state index contributed by atoms with van der Waals surface area (Å²) in [4.78, 5) is 21.8. The van der Waals surface area contributed by atoms with Gasteiger partial charge in [0.2, 0.25) is 0 Å². The maximum absolute atomic E-state index is 11.4. The van der Waals surface area contributed by atoms with Crippen LogP contribution in [0.1, 0.15) is 32.1 Å². The highest BCUT2D eigenvalue weighted by molar-refractivity contribution is 5.84. The highest BCUT2D eigenvalue weighted by Gasteiger charge is 2.55. The Morgan fingerprint density at radius 1 is 1.54 bits per heavy atom. The van der Waals surface area contributed by atoms with Crippen molar-refractivity contribution in [1.29, 1.82) is 0 Å². The first-order valence-corrected chi connectivity index (χ1v) is 4.59. The molecule has 0 spiro atoms. The van der Waals surface area contributed by atoms with E-state index >= 15 is 0 Å². The van der Waals surface area contributed by atoms with E-state index in [0.717, 1.165) is 25.7 Å². The summed E-state index contributed by atoms with van der Waals surface area (Å²) in [7, 11) is 0. The number of hydrogen-bond acceptors (Lipinski definition) is 3. The molecular formula is C9H12O4. The van der Waals surface area contributed by atoms with Crippen LogP contribution in [-0.4, -0.2) is 22.6 Å². The maximum atomic E-state index is 11.4. The normalized spacial score (nSPS) is 37.5. The smallest absolute Gasteiger partial charge is 0.450 e. The predicted octanol–water partition coefficient (Wildman–Crippen LogP) is 1.58. The summed E-state index contributed by atoms with van der Waals surface area (Å²) in [6.07, 6.45) is 2.34. The molecule has 2 aliphatic rings. The van der Waals surface area contributed by atoms with E-state index in [2.05, 4.69) is 0 Å². The fourth-order valence-corrected chi connectivity index (χ4v) is 2.45. The Morgan fingerprint density at radius 3 is 2.85 bits per heavy atom. The van der Waals surface area contributed by atoms with E-state index in [1.165, 1.54) is 0 Å². The fourth-order valence-electron chi connectivity index (χ4n) is 2.45. The van der Waals surface area contributed by atoms with Gasteiger partial charge >= 0.3 is 6.16 Å². The second kappa shape index (κ2) is 2.72. The number of ketones is 1. The first-order valence-electron chi connectivity index (χ1n) is 4.59. The van der Waals surface area contributed by atoms with E-state index in [-0.39, 0.29) is 11.7 Å². The average Bonchev–Trinajstić information content (AvgIpc) is 1.97. The molecule has 2 saturated carbocycles. The van der Waals surface area contributed by atoms with Crippen LogP contribution in [0.5, 0.6) is 0 Å². The molecule has 2 fully saturated rings.